The van der Waals surface area contributed by atoms with E-state index in [1.807, 2.05) is 42.5 Å². The summed E-state index contributed by atoms with van der Waals surface area (Å²) in [6.45, 7) is 1.80. The summed E-state index contributed by atoms with van der Waals surface area (Å²) in [5.74, 6) is 0.431. The van der Waals surface area contributed by atoms with Gasteiger partial charge in [0.15, 0.2) is 0 Å². The van der Waals surface area contributed by atoms with Gasteiger partial charge in [-0.3, -0.25) is 4.79 Å². The Morgan fingerprint density at radius 2 is 2.04 bits per heavy atom. The molecule has 0 aliphatic carbocycles. The van der Waals surface area contributed by atoms with E-state index in [4.69, 9.17) is 4.42 Å². The number of carbonyl (C=O) groups excluding carboxylic acids is 1. The Kier molecular flexibility index (Phi) is 3.78. The smallest absolute Gasteiger partial charge is 0.229 e. The fourth-order valence-corrected chi connectivity index (χ4v) is 2.73. The van der Waals surface area contributed by atoms with Gasteiger partial charge in [0.2, 0.25) is 11.6 Å². The predicted octanol–water partition coefficient (Wildman–Crippen LogP) is 4.00. The molecule has 0 aliphatic rings. The van der Waals surface area contributed by atoms with Gasteiger partial charge in [0.25, 0.3) is 0 Å². The molecule has 25 heavy (non-hydrogen) atoms. The number of hydrogen-bond donors (Lipinski definition) is 1. The second-order valence-corrected chi connectivity index (χ2v) is 5.57. The predicted molar refractivity (Wildman–Crippen MR) is 95.0 cm³/mol. The van der Waals surface area contributed by atoms with Crippen LogP contribution in [-0.4, -0.2) is 20.5 Å². The molecule has 4 rings (SSSR count). The average molecular weight is 332 g/mol. The first kappa shape index (κ1) is 15.1. The third-order valence-electron chi connectivity index (χ3n) is 3.93. The summed E-state index contributed by atoms with van der Waals surface area (Å²) in [6.07, 6.45) is 5.44. The van der Waals surface area contributed by atoms with E-state index in [1.54, 1.807) is 30.1 Å². The number of oxazole rings is 1. The molecule has 0 bridgehead atoms. The van der Waals surface area contributed by atoms with Crippen molar-refractivity contribution in [2.24, 2.45) is 0 Å². The lowest BCUT2D eigenvalue weighted by Gasteiger charge is -2.06. The highest BCUT2D eigenvalue weighted by Crippen LogP contribution is 2.35. The van der Waals surface area contributed by atoms with Crippen LogP contribution in [0.4, 0.5) is 5.82 Å². The van der Waals surface area contributed by atoms with Crippen LogP contribution >= 0.6 is 0 Å². The molecule has 0 radical (unpaired) electrons. The van der Waals surface area contributed by atoms with Crippen molar-refractivity contribution in [3.63, 3.8) is 0 Å². The van der Waals surface area contributed by atoms with Crippen LogP contribution in [0.3, 0.4) is 0 Å². The highest BCUT2D eigenvalue weighted by molar-refractivity contribution is 5.93. The normalized spacial score (nSPS) is 10.9. The SMILES string of the molecule is CCC(=O)Nc1cc(-c2c(-c3ccccc3)nn3ccoc23)ccn1. The molecule has 0 fully saturated rings. The van der Waals surface area contributed by atoms with Gasteiger partial charge in [-0.15, -0.1) is 0 Å². The number of benzene rings is 1. The minimum absolute atomic E-state index is 0.0777. The molecule has 1 N–H and O–H groups in total. The van der Waals surface area contributed by atoms with Gasteiger partial charge in [-0.1, -0.05) is 37.3 Å². The van der Waals surface area contributed by atoms with Crippen LogP contribution in [0.25, 0.3) is 28.1 Å². The van der Waals surface area contributed by atoms with Crippen molar-refractivity contribution in [1.82, 2.24) is 14.6 Å². The minimum Gasteiger partial charge on any atom is -0.444 e. The van der Waals surface area contributed by atoms with Gasteiger partial charge < -0.3 is 9.73 Å². The largest absolute Gasteiger partial charge is 0.444 e. The quantitative estimate of drug-likeness (QED) is 0.613. The van der Waals surface area contributed by atoms with Crippen LogP contribution in [0.2, 0.25) is 0 Å². The summed E-state index contributed by atoms with van der Waals surface area (Å²) in [6, 6.07) is 13.6. The number of anilines is 1. The monoisotopic (exact) mass is 332 g/mol. The number of amides is 1. The standard InChI is InChI=1S/C19H16N4O2/c1-2-16(24)21-15-12-14(8-9-20-15)17-18(13-6-4-3-5-7-13)22-23-10-11-25-19(17)23/h3-12H,2H2,1H3,(H,20,21,24). The highest BCUT2D eigenvalue weighted by atomic mass is 16.3. The van der Waals surface area contributed by atoms with Crippen LogP contribution in [0, 0.1) is 0 Å². The summed E-state index contributed by atoms with van der Waals surface area (Å²) in [5.41, 5.74) is 4.21. The molecule has 3 heterocycles. The fourth-order valence-electron chi connectivity index (χ4n) is 2.73. The maximum atomic E-state index is 11.7. The summed E-state index contributed by atoms with van der Waals surface area (Å²) in [4.78, 5) is 15.9. The maximum Gasteiger partial charge on any atom is 0.229 e. The van der Waals surface area contributed by atoms with Crippen LogP contribution < -0.4 is 5.32 Å². The molecule has 124 valence electrons. The Labute approximate surface area is 144 Å². The lowest BCUT2D eigenvalue weighted by atomic mass is 10.0. The van der Waals surface area contributed by atoms with Crippen molar-refractivity contribution in [2.75, 3.05) is 5.32 Å². The number of pyridine rings is 1. The first-order chi connectivity index (χ1) is 12.3. The summed E-state index contributed by atoms with van der Waals surface area (Å²) < 4.78 is 7.35. The molecule has 0 saturated carbocycles. The van der Waals surface area contributed by atoms with Gasteiger partial charge in [-0.25, -0.2) is 9.50 Å². The van der Waals surface area contributed by atoms with Gasteiger partial charge in [-0.05, 0) is 17.7 Å². The third-order valence-corrected chi connectivity index (χ3v) is 3.93. The zero-order valence-corrected chi connectivity index (χ0v) is 13.6. The molecule has 0 aliphatic heterocycles. The number of aromatic nitrogens is 3. The molecule has 6 heteroatoms. The average Bonchev–Trinajstić information content (AvgIpc) is 3.23. The van der Waals surface area contributed by atoms with E-state index in [-0.39, 0.29) is 5.91 Å². The van der Waals surface area contributed by atoms with E-state index in [1.165, 1.54) is 0 Å². The molecule has 0 saturated heterocycles. The minimum atomic E-state index is -0.0777. The Morgan fingerprint density at radius 3 is 2.84 bits per heavy atom. The number of nitrogens with one attached hydrogen (secondary N) is 1. The van der Waals surface area contributed by atoms with E-state index >= 15 is 0 Å². The molecule has 0 spiro atoms. The van der Waals surface area contributed by atoms with Crippen LogP contribution in [0.15, 0.2) is 65.5 Å². The number of carbonyl (C=O) groups is 1. The van der Waals surface area contributed by atoms with Crippen molar-refractivity contribution in [3.8, 4) is 22.4 Å². The zero-order valence-electron chi connectivity index (χ0n) is 13.6. The second kappa shape index (κ2) is 6.24. The molecule has 3 aromatic heterocycles. The molecule has 0 atom stereocenters. The van der Waals surface area contributed by atoms with Gasteiger partial charge in [0, 0.05) is 18.2 Å². The number of nitrogens with zero attached hydrogens (tertiary/aromatic N) is 3. The molecule has 0 unspecified atom stereocenters. The molecule has 1 amide bonds. The van der Waals surface area contributed by atoms with Crippen LogP contribution in [0.5, 0.6) is 0 Å². The van der Waals surface area contributed by atoms with Crippen molar-refractivity contribution in [1.29, 1.82) is 0 Å². The van der Waals surface area contributed by atoms with Crippen molar-refractivity contribution < 1.29 is 9.21 Å². The number of hydrogen-bond acceptors (Lipinski definition) is 4. The lowest BCUT2D eigenvalue weighted by molar-refractivity contribution is -0.115. The van der Waals surface area contributed by atoms with E-state index in [9.17, 15) is 4.79 Å². The number of fused-ring (bicyclic) bond motifs is 1. The number of rotatable bonds is 4. The molecule has 1 aromatic carbocycles. The Balaban J connectivity index is 1.87. The second-order valence-electron chi connectivity index (χ2n) is 5.57. The molecule has 4 aromatic rings. The van der Waals surface area contributed by atoms with Gasteiger partial charge >= 0.3 is 0 Å². The topological polar surface area (TPSA) is 72.4 Å². The third kappa shape index (κ3) is 2.78. The highest BCUT2D eigenvalue weighted by Gasteiger charge is 2.19. The molecular weight excluding hydrogens is 316 g/mol. The lowest BCUT2D eigenvalue weighted by Crippen LogP contribution is -2.10. The maximum absolute atomic E-state index is 11.7. The Bertz CT molecular complexity index is 1030. The Morgan fingerprint density at radius 1 is 1.20 bits per heavy atom. The van der Waals surface area contributed by atoms with Crippen molar-refractivity contribution in [2.45, 2.75) is 13.3 Å². The van der Waals surface area contributed by atoms with Gasteiger partial charge in [0.1, 0.15) is 17.8 Å². The van der Waals surface area contributed by atoms with Crippen molar-refractivity contribution in [3.05, 3.63) is 61.1 Å². The zero-order chi connectivity index (χ0) is 17.2. The fraction of sp³-hybridized carbons (Fsp3) is 0.105. The van der Waals surface area contributed by atoms with Gasteiger partial charge in [0.05, 0.1) is 11.8 Å². The first-order valence-electron chi connectivity index (χ1n) is 8.04. The summed E-state index contributed by atoms with van der Waals surface area (Å²) >= 11 is 0. The van der Waals surface area contributed by atoms with E-state index in [2.05, 4.69) is 15.4 Å². The summed E-state index contributed by atoms with van der Waals surface area (Å²) in [5, 5.41) is 7.43. The first-order valence-corrected chi connectivity index (χ1v) is 8.04. The Hall–Kier alpha value is -3.41. The van der Waals surface area contributed by atoms with Crippen molar-refractivity contribution >= 4 is 17.4 Å². The van der Waals surface area contributed by atoms with Crippen LogP contribution in [-0.2, 0) is 4.79 Å². The molecular formula is C19H16N4O2. The van der Waals surface area contributed by atoms with E-state index < -0.39 is 0 Å². The molecule has 6 nitrogen and oxygen atoms in total. The van der Waals surface area contributed by atoms with Crippen LogP contribution in [0.1, 0.15) is 13.3 Å². The summed E-state index contributed by atoms with van der Waals surface area (Å²) in [7, 11) is 0. The van der Waals surface area contributed by atoms with E-state index in [0.717, 1.165) is 22.4 Å². The van der Waals surface area contributed by atoms with E-state index in [0.29, 0.717) is 18.0 Å². The van der Waals surface area contributed by atoms with Gasteiger partial charge in [-0.2, -0.15) is 5.10 Å².